The molecule has 2 heterocycles. The molecule has 0 saturated carbocycles. The molecule has 1 aliphatic heterocycles. The van der Waals surface area contributed by atoms with Gasteiger partial charge < -0.3 is 10.6 Å². The quantitative estimate of drug-likeness (QED) is 0.810. The van der Waals surface area contributed by atoms with Crippen LogP contribution in [0.5, 0.6) is 0 Å². The molecule has 0 spiro atoms. The second kappa shape index (κ2) is 3.55. The molecule has 2 atom stereocenters. The second-order valence-corrected chi connectivity index (χ2v) is 5.52. The largest absolute Gasteiger partial charge is 0.363 e. The zero-order valence-corrected chi connectivity index (χ0v) is 9.68. The smallest absolute Gasteiger partial charge is 0.0908 e. The number of nitrogens with zero attached hydrogens (tertiary/aromatic N) is 1. The van der Waals surface area contributed by atoms with E-state index >= 15 is 0 Å². The van der Waals surface area contributed by atoms with Crippen molar-refractivity contribution >= 4 is 16.3 Å². The van der Waals surface area contributed by atoms with Gasteiger partial charge in [-0.15, -0.1) is 11.3 Å². The molecule has 2 N–H and O–H groups in total. The average molecular weight is 210 g/mol. The Morgan fingerprint density at radius 2 is 2.50 bits per heavy atom. The van der Waals surface area contributed by atoms with Crippen LogP contribution < -0.4 is 10.6 Å². The molecular formula is C11H18N2S. The van der Waals surface area contributed by atoms with Gasteiger partial charge in [0.1, 0.15) is 0 Å². The molecule has 0 aliphatic carbocycles. The first-order valence-corrected chi connectivity index (χ1v) is 6.02. The van der Waals surface area contributed by atoms with Gasteiger partial charge >= 0.3 is 0 Å². The van der Waals surface area contributed by atoms with Gasteiger partial charge in [0.15, 0.2) is 0 Å². The molecule has 14 heavy (non-hydrogen) atoms. The van der Waals surface area contributed by atoms with E-state index < -0.39 is 0 Å². The zero-order valence-electron chi connectivity index (χ0n) is 8.86. The molecule has 1 saturated heterocycles. The molecule has 0 aromatic carbocycles. The van der Waals surface area contributed by atoms with Crippen LogP contribution in [-0.2, 0) is 0 Å². The van der Waals surface area contributed by atoms with E-state index in [0.29, 0.717) is 11.3 Å². The lowest BCUT2D eigenvalue weighted by molar-refractivity contribution is 0.287. The molecule has 2 nitrogen and oxygen atoms in total. The fourth-order valence-electron chi connectivity index (χ4n) is 2.09. The van der Waals surface area contributed by atoms with Crippen LogP contribution in [0.2, 0.25) is 0 Å². The van der Waals surface area contributed by atoms with E-state index in [0.717, 1.165) is 19.6 Å². The second-order valence-electron chi connectivity index (χ2n) is 4.59. The minimum absolute atomic E-state index is 0.296. The molecule has 0 bridgehead atoms. The molecule has 2 rings (SSSR count). The highest BCUT2D eigenvalue weighted by atomic mass is 32.1. The van der Waals surface area contributed by atoms with Crippen molar-refractivity contribution < 1.29 is 0 Å². The van der Waals surface area contributed by atoms with Crippen LogP contribution >= 0.6 is 11.3 Å². The highest BCUT2D eigenvalue weighted by molar-refractivity contribution is 7.14. The first-order valence-electron chi connectivity index (χ1n) is 5.14. The van der Waals surface area contributed by atoms with Crippen molar-refractivity contribution in [3.05, 3.63) is 17.5 Å². The summed E-state index contributed by atoms with van der Waals surface area (Å²) in [5, 5.41) is 3.52. The zero-order chi connectivity index (χ0) is 10.2. The van der Waals surface area contributed by atoms with E-state index in [4.69, 9.17) is 5.73 Å². The Kier molecular flexibility index (Phi) is 2.54. The molecule has 0 radical (unpaired) electrons. The Morgan fingerprint density at radius 1 is 1.71 bits per heavy atom. The first-order chi connectivity index (χ1) is 6.65. The van der Waals surface area contributed by atoms with Gasteiger partial charge in [-0.05, 0) is 30.0 Å². The van der Waals surface area contributed by atoms with Gasteiger partial charge in [-0.25, -0.2) is 0 Å². The molecule has 78 valence electrons. The van der Waals surface area contributed by atoms with E-state index in [9.17, 15) is 0 Å². The maximum atomic E-state index is 5.85. The van der Waals surface area contributed by atoms with Crippen molar-refractivity contribution in [3.8, 4) is 0 Å². The summed E-state index contributed by atoms with van der Waals surface area (Å²) in [4.78, 5) is 2.46. The normalized spacial score (nSPS) is 32.5. The Bertz CT molecular complexity index is 296. The highest BCUT2D eigenvalue weighted by Gasteiger charge is 2.39. The van der Waals surface area contributed by atoms with Crippen molar-refractivity contribution in [2.45, 2.75) is 13.8 Å². The third-order valence-corrected chi connectivity index (χ3v) is 4.45. The van der Waals surface area contributed by atoms with Gasteiger partial charge in [-0.1, -0.05) is 13.8 Å². The minimum Gasteiger partial charge on any atom is -0.363 e. The van der Waals surface area contributed by atoms with E-state index in [1.165, 1.54) is 5.00 Å². The maximum Gasteiger partial charge on any atom is 0.0908 e. The molecule has 1 aromatic rings. The average Bonchev–Trinajstić information content (AvgIpc) is 2.76. The fourth-order valence-corrected chi connectivity index (χ4v) is 2.83. The third-order valence-electron chi connectivity index (χ3n) is 3.52. The summed E-state index contributed by atoms with van der Waals surface area (Å²) in [5.74, 6) is 0.689. The van der Waals surface area contributed by atoms with Gasteiger partial charge in [0.25, 0.3) is 0 Å². The Hall–Kier alpha value is -0.540. The molecule has 0 amide bonds. The van der Waals surface area contributed by atoms with Crippen molar-refractivity contribution in [3.63, 3.8) is 0 Å². The number of hydrogen-bond acceptors (Lipinski definition) is 3. The summed E-state index contributed by atoms with van der Waals surface area (Å²) >= 11 is 1.82. The number of anilines is 1. The monoisotopic (exact) mass is 210 g/mol. The topological polar surface area (TPSA) is 29.3 Å². The van der Waals surface area contributed by atoms with Crippen molar-refractivity contribution in [2.24, 2.45) is 17.1 Å². The van der Waals surface area contributed by atoms with Crippen LogP contribution in [0.4, 0.5) is 5.00 Å². The summed E-state index contributed by atoms with van der Waals surface area (Å²) in [7, 11) is 0. The van der Waals surface area contributed by atoms with E-state index in [1.54, 1.807) is 0 Å². The third kappa shape index (κ3) is 1.55. The number of nitrogens with two attached hydrogens (primary N) is 1. The summed E-state index contributed by atoms with van der Waals surface area (Å²) in [6, 6.07) is 4.31. The summed E-state index contributed by atoms with van der Waals surface area (Å²) in [5.41, 5.74) is 6.15. The Balaban J connectivity index is 2.14. The van der Waals surface area contributed by atoms with E-state index in [2.05, 4.69) is 36.3 Å². The standard InChI is InChI=1S/C11H18N2S/c1-9-6-13(8-11(9,2)7-12)10-4-3-5-14-10/h3-5,9H,6-8,12H2,1-2H3. The van der Waals surface area contributed by atoms with Crippen molar-refractivity contribution in [1.82, 2.24) is 0 Å². The predicted molar refractivity (Wildman–Crippen MR) is 62.9 cm³/mol. The van der Waals surface area contributed by atoms with Crippen LogP contribution in [-0.4, -0.2) is 19.6 Å². The van der Waals surface area contributed by atoms with Crippen LogP contribution in [0.1, 0.15) is 13.8 Å². The number of hydrogen-bond donors (Lipinski definition) is 1. The lowest BCUT2D eigenvalue weighted by Crippen LogP contribution is -2.34. The van der Waals surface area contributed by atoms with Crippen LogP contribution in [0.15, 0.2) is 17.5 Å². The Labute approximate surface area is 89.7 Å². The van der Waals surface area contributed by atoms with Crippen LogP contribution in [0.25, 0.3) is 0 Å². The van der Waals surface area contributed by atoms with E-state index in [1.807, 2.05) is 11.3 Å². The van der Waals surface area contributed by atoms with Gasteiger partial charge in [0.2, 0.25) is 0 Å². The van der Waals surface area contributed by atoms with Crippen molar-refractivity contribution in [2.75, 3.05) is 24.5 Å². The number of rotatable bonds is 2. The fraction of sp³-hybridized carbons (Fsp3) is 0.636. The molecule has 1 fully saturated rings. The van der Waals surface area contributed by atoms with Gasteiger partial charge in [0.05, 0.1) is 5.00 Å². The molecular weight excluding hydrogens is 192 g/mol. The lowest BCUT2D eigenvalue weighted by Gasteiger charge is -2.26. The highest BCUT2D eigenvalue weighted by Crippen LogP contribution is 2.38. The first kappa shape index (κ1) is 9.99. The van der Waals surface area contributed by atoms with Crippen LogP contribution in [0, 0.1) is 11.3 Å². The van der Waals surface area contributed by atoms with Gasteiger partial charge in [0, 0.05) is 18.5 Å². The summed E-state index contributed by atoms with van der Waals surface area (Å²) < 4.78 is 0. The van der Waals surface area contributed by atoms with E-state index in [-0.39, 0.29) is 0 Å². The predicted octanol–water partition coefficient (Wildman–Crippen LogP) is 2.17. The maximum absolute atomic E-state index is 5.85. The molecule has 1 aliphatic rings. The van der Waals surface area contributed by atoms with Gasteiger partial charge in [-0.3, -0.25) is 0 Å². The summed E-state index contributed by atoms with van der Waals surface area (Å²) in [6.07, 6.45) is 0. The SMILES string of the molecule is CC1CN(c2cccs2)CC1(C)CN. The van der Waals surface area contributed by atoms with Crippen LogP contribution in [0.3, 0.4) is 0 Å². The molecule has 3 heteroatoms. The summed E-state index contributed by atoms with van der Waals surface area (Å²) in [6.45, 7) is 7.64. The van der Waals surface area contributed by atoms with Gasteiger partial charge in [-0.2, -0.15) is 0 Å². The minimum atomic E-state index is 0.296. The van der Waals surface area contributed by atoms with Crippen molar-refractivity contribution in [1.29, 1.82) is 0 Å². The molecule has 2 unspecified atom stereocenters. The molecule has 1 aromatic heterocycles. The Morgan fingerprint density at radius 3 is 3.00 bits per heavy atom. The number of thiophene rings is 1. The lowest BCUT2D eigenvalue weighted by atomic mass is 9.81.